The number of nitrogens with zero attached hydrogens (tertiary/aromatic N) is 1. The zero-order valence-electron chi connectivity index (χ0n) is 11.6. The average molecular weight is 322 g/mol. The van der Waals surface area contributed by atoms with E-state index in [2.05, 4.69) is 70.2 Å². The molecule has 0 aliphatic heterocycles. The fourth-order valence-electron chi connectivity index (χ4n) is 1.89. The summed E-state index contributed by atoms with van der Waals surface area (Å²) in [6, 6.07) is 6.29. The van der Waals surface area contributed by atoms with Gasteiger partial charge in [0.15, 0.2) is 0 Å². The predicted octanol–water partition coefficient (Wildman–Crippen LogP) is 3.89. The third-order valence-electron chi connectivity index (χ3n) is 2.88. The number of aromatic nitrogens is 2. The maximum absolute atomic E-state index is 4.45. The lowest BCUT2D eigenvalue weighted by molar-refractivity contribution is 0.549. The molecule has 2 N–H and O–H groups in total. The summed E-state index contributed by atoms with van der Waals surface area (Å²) < 4.78 is 1.07. The van der Waals surface area contributed by atoms with Gasteiger partial charge in [0.1, 0.15) is 5.82 Å². The van der Waals surface area contributed by atoms with Gasteiger partial charge in [-0.2, -0.15) is 0 Å². The fourth-order valence-corrected chi connectivity index (χ4v) is 2.57. The van der Waals surface area contributed by atoms with Gasteiger partial charge in [-0.25, -0.2) is 4.98 Å². The van der Waals surface area contributed by atoms with Gasteiger partial charge in [0.2, 0.25) is 0 Å². The zero-order chi connectivity index (χ0) is 13.8. The molecule has 0 saturated heterocycles. The minimum atomic E-state index is 0.661. The third kappa shape index (κ3) is 3.91. The van der Waals surface area contributed by atoms with E-state index in [0.717, 1.165) is 34.6 Å². The van der Waals surface area contributed by atoms with Crippen LogP contribution in [0.1, 0.15) is 25.1 Å². The highest BCUT2D eigenvalue weighted by Gasteiger charge is 2.07. The molecule has 4 heteroatoms. The van der Waals surface area contributed by atoms with Crippen molar-refractivity contribution in [3.8, 4) is 11.4 Å². The molecule has 0 aliphatic rings. The molecule has 0 unspecified atom stereocenters. The van der Waals surface area contributed by atoms with Crippen molar-refractivity contribution in [2.24, 2.45) is 5.92 Å². The largest absolute Gasteiger partial charge is 0.341 e. The van der Waals surface area contributed by atoms with Crippen LogP contribution >= 0.6 is 15.9 Å². The number of aromatic amines is 1. The molecule has 3 nitrogen and oxygen atoms in total. The van der Waals surface area contributed by atoms with Crippen molar-refractivity contribution in [3.05, 3.63) is 40.1 Å². The standard InChI is InChI=1S/C15H20BrN3/c1-10(2)7-17-8-12-9-18-15(19-12)13-5-4-11(3)6-14(13)16/h4-6,9-10,17H,7-8H2,1-3H3,(H,18,19). The Hall–Kier alpha value is -1.13. The van der Waals surface area contributed by atoms with E-state index < -0.39 is 0 Å². The first kappa shape index (κ1) is 14.3. The van der Waals surface area contributed by atoms with Gasteiger partial charge in [-0.3, -0.25) is 0 Å². The molecule has 0 spiro atoms. The molecule has 0 atom stereocenters. The molecule has 1 heterocycles. The molecule has 1 aromatic heterocycles. The first-order valence-corrected chi connectivity index (χ1v) is 7.36. The Morgan fingerprint density at radius 1 is 1.37 bits per heavy atom. The molecule has 0 aliphatic carbocycles. The normalized spacial score (nSPS) is 11.2. The summed E-state index contributed by atoms with van der Waals surface area (Å²) in [5.41, 5.74) is 3.45. The Balaban J connectivity index is 2.08. The highest BCUT2D eigenvalue weighted by Crippen LogP contribution is 2.26. The molecule has 1 aromatic carbocycles. The third-order valence-corrected chi connectivity index (χ3v) is 3.53. The summed E-state index contributed by atoms with van der Waals surface area (Å²) in [7, 11) is 0. The summed E-state index contributed by atoms with van der Waals surface area (Å²) in [5.74, 6) is 1.57. The van der Waals surface area contributed by atoms with Crippen LogP contribution in [0.3, 0.4) is 0 Å². The number of imidazole rings is 1. The Bertz CT molecular complexity index is 546. The number of benzene rings is 1. The topological polar surface area (TPSA) is 40.7 Å². The van der Waals surface area contributed by atoms with Crippen molar-refractivity contribution in [2.75, 3.05) is 6.54 Å². The number of nitrogens with one attached hydrogen (secondary N) is 2. The van der Waals surface area contributed by atoms with E-state index in [1.807, 2.05) is 6.20 Å². The molecular formula is C15H20BrN3. The maximum Gasteiger partial charge on any atom is 0.138 e. The van der Waals surface area contributed by atoms with Crippen LogP contribution in [0.4, 0.5) is 0 Å². The predicted molar refractivity (Wildman–Crippen MR) is 83.0 cm³/mol. The first-order valence-electron chi connectivity index (χ1n) is 6.57. The van der Waals surface area contributed by atoms with Crippen molar-refractivity contribution < 1.29 is 0 Å². The van der Waals surface area contributed by atoms with Crippen molar-refractivity contribution in [2.45, 2.75) is 27.3 Å². The Morgan fingerprint density at radius 2 is 2.16 bits per heavy atom. The molecule has 0 bridgehead atoms. The molecule has 2 rings (SSSR count). The summed E-state index contributed by atoms with van der Waals surface area (Å²) in [6.07, 6.45) is 1.90. The van der Waals surface area contributed by atoms with E-state index in [1.54, 1.807) is 0 Å². The minimum Gasteiger partial charge on any atom is -0.341 e. The summed E-state index contributed by atoms with van der Waals surface area (Å²) >= 11 is 3.59. The molecule has 19 heavy (non-hydrogen) atoms. The Kier molecular flexibility index (Phi) is 4.77. The fraction of sp³-hybridized carbons (Fsp3) is 0.400. The van der Waals surface area contributed by atoms with Gasteiger partial charge < -0.3 is 10.3 Å². The van der Waals surface area contributed by atoms with Crippen LogP contribution in [-0.4, -0.2) is 16.5 Å². The van der Waals surface area contributed by atoms with Crippen LogP contribution in [0.15, 0.2) is 28.9 Å². The van der Waals surface area contributed by atoms with Gasteiger partial charge in [-0.1, -0.05) is 35.8 Å². The van der Waals surface area contributed by atoms with Crippen LogP contribution < -0.4 is 5.32 Å². The maximum atomic E-state index is 4.45. The Morgan fingerprint density at radius 3 is 2.84 bits per heavy atom. The highest BCUT2D eigenvalue weighted by molar-refractivity contribution is 9.10. The van der Waals surface area contributed by atoms with Gasteiger partial charge in [0.25, 0.3) is 0 Å². The van der Waals surface area contributed by atoms with E-state index >= 15 is 0 Å². The van der Waals surface area contributed by atoms with Gasteiger partial charge in [-0.05, 0) is 37.1 Å². The second-order valence-electron chi connectivity index (χ2n) is 5.27. The van der Waals surface area contributed by atoms with Gasteiger partial charge in [0, 0.05) is 28.5 Å². The van der Waals surface area contributed by atoms with Gasteiger partial charge in [0.05, 0.1) is 0 Å². The van der Waals surface area contributed by atoms with Crippen molar-refractivity contribution >= 4 is 15.9 Å². The number of H-pyrrole nitrogens is 1. The van der Waals surface area contributed by atoms with E-state index in [9.17, 15) is 0 Å². The van der Waals surface area contributed by atoms with Crippen molar-refractivity contribution in [1.29, 1.82) is 0 Å². The van der Waals surface area contributed by atoms with Gasteiger partial charge >= 0.3 is 0 Å². The lowest BCUT2D eigenvalue weighted by Crippen LogP contribution is -2.19. The molecule has 102 valence electrons. The minimum absolute atomic E-state index is 0.661. The lowest BCUT2D eigenvalue weighted by Gasteiger charge is -2.05. The number of aryl methyl sites for hydroxylation is 1. The van der Waals surface area contributed by atoms with Crippen LogP contribution in [0.5, 0.6) is 0 Å². The van der Waals surface area contributed by atoms with Crippen molar-refractivity contribution in [1.82, 2.24) is 15.3 Å². The first-order chi connectivity index (χ1) is 9.06. The second-order valence-corrected chi connectivity index (χ2v) is 6.12. The SMILES string of the molecule is Cc1ccc(-c2ncc(CNCC(C)C)[nH]2)c(Br)c1. The number of halogens is 1. The summed E-state index contributed by atoms with van der Waals surface area (Å²) in [4.78, 5) is 7.81. The van der Waals surface area contributed by atoms with Crippen LogP contribution in [0.2, 0.25) is 0 Å². The number of hydrogen-bond donors (Lipinski definition) is 2. The quantitative estimate of drug-likeness (QED) is 0.877. The molecule has 0 radical (unpaired) electrons. The van der Waals surface area contributed by atoms with E-state index in [1.165, 1.54) is 5.56 Å². The van der Waals surface area contributed by atoms with Crippen LogP contribution in [-0.2, 0) is 6.54 Å². The summed E-state index contributed by atoms with van der Waals surface area (Å²) in [6.45, 7) is 8.33. The Labute approximate surface area is 123 Å². The molecule has 0 fully saturated rings. The number of rotatable bonds is 5. The molecular weight excluding hydrogens is 302 g/mol. The second kappa shape index (κ2) is 6.35. The molecule has 0 amide bonds. The highest BCUT2D eigenvalue weighted by atomic mass is 79.9. The number of hydrogen-bond acceptors (Lipinski definition) is 2. The van der Waals surface area contributed by atoms with Crippen LogP contribution in [0, 0.1) is 12.8 Å². The lowest BCUT2D eigenvalue weighted by atomic mass is 10.1. The van der Waals surface area contributed by atoms with E-state index in [4.69, 9.17) is 0 Å². The monoisotopic (exact) mass is 321 g/mol. The van der Waals surface area contributed by atoms with Gasteiger partial charge in [-0.15, -0.1) is 0 Å². The molecule has 2 aromatic rings. The summed E-state index contributed by atoms with van der Waals surface area (Å²) in [5, 5.41) is 3.41. The molecule has 0 saturated carbocycles. The average Bonchev–Trinajstić information content (AvgIpc) is 2.77. The van der Waals surface area contributed by atoms with E-state index in [-0.39, 0.29) is 0 Å². The van der Waals surface area contributed by atoms with Crippen molar-refractivity contribution in [3.63, 3.8) is 0 Å². The van der Waals surface area contributed by atoms with Crippen LogP contribution in [0.25, 0.3) is 11.4 Å². The smallest absolute Gasteiger partial charge is 0.138 e. The zero-order valence-corrected chi connectivity index (χ0v) is 13.2. The van der Waals surface area contributed by atoms with E-state index in [0.29, 0.717) is 5.92 Å².